The minimum atomic E-state index is -3.44. The molecule has 0 aliphatic carbocycles. The highest BCUT2D eigenvalue weighted by molar-refractivity contribution is 7.89. The summed E-state index contributed by atoms with van der Waals surface area (Å²) >= 11 is 0. The van der Waals surface area contributed by atoms with Gasteiger partial charge in [-0.15, -0.1) is 0 Å². The van der Waals surface area contributed by atoms with Crippen LogP contribution in [0.1, 0.15) is 39.2 Å². The van der Waals surface area contributed by atoms with Crippen LogP contribution in [0, 0.1) is 0 Å². The normalized spacial score (nSPS) is 18.3. The summed E-state index contributed by atoms with van der Waals surface area (Å²) in [6.07, 6.45) is 3.71. The molecule has 0 saturated carbocycles. The second-order valence-electron chi connectivity index (χ2n) is 7.77. The summed E-state index contributed by atoms with van der Waals surface area (Å²) in [7, 11) is -3.44. The molecule has 146 valence electrons. The quantitative estimate of drug-likeness (QED) is 0.780. The average Bonchev–Trinajstić information content (AvgIpc) is 3.04. The predicted molar refractivity (Wildman–Crippen MR) is 111 cm³/mol. The summed E-state index contributed by atoms with van der Waals surface area (Å²) in [5, 5.41) is 0. The summed E-state index contributed by atoms with van der Waals surface area (Å²) in [6, 6.07) is 16.3. The van der Waals surface area contributed by atoms with E-state index < -0.39 is 10.0 Å². The maximum Gasteiger partial charge on any atom is 0.240 e. The van der Waals surface area contributed by atoms with Crippen LogP contribution in [0.15, 0.2) is 53.4 Å². The van der Waals surface area contributed by atoms with Crippen LogP contribution in [0.25, 0.3) is 11.1 Å². The lowest BCUT2D eigenvalue weighted by molar-refractivity contribution is 0.272. The second-order valence-corrected chi connectivity index (χ2v) is 9.49. The Hall–Kier alpha value is -1.69. The summed E-state index contributed by atoms with van der Waals surface area (Å²) < 4.78 is 27.1. The first-order valence-electron chi connectivity index (χ1n) is 9.81. The van der Waals surface area contributed by atoms with Crippen molar-refractivity contribution in [2.75, 3.05) is 13.1 Å². The fourth-order valence-electron chi connectivity index (χ4n) is 3.67. The highest BCUT2D eigenvalue weighted by Gasteiger charge is 2.19. The lowest BCUT2D eigenvalue weighted by Gasteiger charge is -2.20. The van der Waals surface area contributed by atoms with Gasteiger partial charge in [-0.05, 0) is 75.4 Å². The Balaban J connectivity index is 1.64. The van der Waals surface area contributed by atoms with E-state index in [0.717, 1.165) is 24.1 Å². The smallest absolute Gasteiger partial charge is 0.240 e. The van der Waals surface area contributed by atoms with Gasteiger partial charge in [-0.1, -0.05) is 36.4 Å². The largest absolute Gasteiger partial charge is 0.300 e. The molecular formula is C22H30N2O2S. The lowest BCUT2D eigenvalue weighted by Crippen LogP contribution is -2.30. The predicted octanol–water partition coefficient (Wildman–Crippen LogP) is 4.07. The van der Waals surface area contributed by atoms with Gasteiger partial charge in [-0.3, -0.25) is 0 Å². The van der Waals surface area contributed by atoms with Crippen molar-refractivity contribution in [3.05, 3.63) is 54.1 Å². The second kappa shape index (κ2) is 8.55. The van der Waals surface area contributed by atoms with Crippen LogP contribution < -0.4 is 4.72 Å². The maximum absolute atomic E-state index is 12.2. The van der Waals surface area contributed by atoms with E-state index in [2.05, 4.69) is 40.8 Å². The Morgan fingerprint density at radius 2 is 1.63 bits per heavy atom. The van der Waals surface area contributed by atoms with Crippen LogP contribution in [-0.4, -0.2) is 38.5 Å². The van der Waals surface area contributed by atoms with Crippen LogP contribution in [0.3, 0.4) is 0 Å². The molecule has 1 fully saturated rings. The van der Waals surface area contributed by atoms with Gasteiger partial charge >= 0.3 is 0 Å². The SMILES string of the molecule is CC(C)NS(=O)(=O)c1ccc(-c2ccc(CCN3CCC[C@H]3C)cc2)cc1. The molecule has 0 aromatic heterocycles. The first-order chi connectivity index (χ1) is 12.8. The number of hydrogen-bond donors (Lipinski definition) is 1. The summed E-state index contributed by atoms with van der Waals surface area (Å²) in [6.45, 7) is 8.29. The van der Waals surface area contributed by atoms with E-state index >= 15 is 0 Å². The fraction of sp³-hybridized carbons (Fsp3) is 0.455. The Labute approximate surface area is 163 Å². The third-order valence-corrected chi connectivity index (χ3v) is 6.90. The topological polar surface area (TPSA) is 49.4 Å². The molecule has 4 nitrogen and oxygen atoms in total. The fourth-order valence-corrected chi connectivity index (χ4v) is 4.92. The van der Waals surface area contributed by atoms with Gasteiger partial charge in [0.25, 0.3) is 0 Å². The maximum atomic E-state index is 12.2. The van der Waals surface area contributed by atoms with Crippen LogP contribution >= 0.6 is 0 Å². The third-order valence-electron chi connectivity index (χ3n) is 5.22. The number of rotatable bonds is 7. The van der Waals surface area contributed by atoms with E-state index in [0.29, 0.717) is 10.9 Å². The molecule has 0 unspecified atom stereocenters. The standard InChI is InChI=1S/C22H30N2O2S/c1-17(2)23-27(25,26)22-12-10-21(11-13-22)20-8-6-19(7-9-20)14-16-24-15-4-5-18(24)3/h6-13,17-18,23H,4-5,14-16H2,1-3H3/t18-/m1/s1. The molecule has 0 amide bonds. The molecule has 1 heterocycles. The molecule has 0 bridgehead atoms. The molecule has 1 atom stereocenters. The van der Waals surface area contributed by atoms with Crippen molar-refractivity contribution in [2.45, 2.75) is 57.0 Å². The summed E-state index contributed by atoms with van der Waals surface area (Å²) in [4.78, 5) is 2.87. The summed E-state index contributed by atoms with van der Waals surface area (Å²) in [5.41, 5.74) is 3.48. The Morgan fingerprint density at radius 1 is 1.04 bits per heavy atom. The van der Waals surface area contributed by atoms with Crippen molar-refractivity contribution in [1.29, 1.82) is 0 Å². The van der Waals surface area contributed by atoms with Crippen molar-refractivity contribution in [3.8, 4) is 11.1 Å². The molecule has 5 heteroatoms. The number of sulfonamides is 1. The van der Waals surface area contributed by atoms with Crippen molar-refractivity contribution >= 4 is 10.0 Å². The van der Waals surface area contributed by atoms with E-state index in [-0.39, 0.29) is 6.04 Å². The lowest BCUT2D eigenvalue weighted by atomic mass is 10.0. The van der Waals surface area contributed by atoms with Gasteiger partial charge in [-0.2, -0.15) is 0 Å². The van der Waals surface area contributed by atoms with E-state index in [4.69, 9.17) is 0 Å². The highest BCUT2D eigenvalue weighted by Crippen LogP contribution is 2.23. The van der Waals surface area contributed by atoms with Gasteiger partial charge < -0.3 is 4.90 Å². The van der Waals surface area contributed by atoms with Crippen LogP contribution in [0.5, 0.6) is 0 Å². The number of benzene rings is 2. The van der Waals surface area contributed by atoms with Crippen molar-refractivity contribution < 1.29 is 8.42 Å². The van der Waals surface area contributed by atoms with Gasteiger partial charge in [0.05, 0.1) is 4.90 Å². The molecule has 1 saturated heterocycles. The van der Waals surface area contributed by atoms with Crippen LogP contribution in [0.4, 0.5) is 0 Å². The molecule has 0 radical (unpaired) electrons. The highest BCUT2D eigenvalue weighted by atomic mass is 32.2. The molecule has 1 aliphatic heterocycles. The molecule has 2 aromatic rings. The Bertz CT molecular complexity index is 843. The molecule has 0 spiro atoms. The van der Waals surface area contributed by atoms with Gasteiger partial charge in [0.15, 0.2) is 0 Å². The number of hydrogen-bond acceptors (Lipinski definition) is 3. The van der Waals surface area contributed by atoms with E-state index in [9.17, 15) is 8.42 Å². The van der Waals surface area contributed by atoms with E-state index in [1.165, 1.54) is 24.9 Å². The van der Waals surface area contributed by atoms with Gasteiger partial charge in [-0.25, -0.2) is 13.1 Å². The molecular weight excluding hydrogens is 356 g/mol. The Morgan fingerprint density at radius 3 is 2.15 bits per heavy atom. The molecule has 27 heavy (non-hydrogen) atoms. The zero-order valence-electron chi connectivity index (χ0n) is 16.5. The van der Waals surface area contributed by atoms with Crippen LogP contribution in [0.2, 0.25) is 0 Å². The number of nitrogens with one attached hydrogen (secondary N) is 1. The minimum Gasteiger partial charge on any atom is -0.300 e. The molecule has 1 aliphatic rings. The van der Waals surface area contributed by atoms with Gasteiger partial charge in [0.1, 0.15) is 0 Å². The number of nitrogens with zero attached hydrogens (tertiary/aromatic N) is 1. The van der Waals surface area contributed by atoms with Crippen molar-refractivity contribution in [1.82, 2.24) is 9.62 Å². The zero-order chi connectivity index (χ0) is 19.4. The third kappa shape index (κ3) is 5.18. The van der Waals surface area contributed by atoms with E-state index in [1.807, 2.05) is 26.0 Å². The zero-order valence-corrected chi connectivity index (χ0v) is 17.3. The minimum absolute atomic E-state index is 0.120. The van der Waals surface area contributed by atoms with Gasteiger partial charge in [0, 0.05) is 18.6 Å². The summed E-state index contributed by atoms with van der Waals surface area (Å²) in [5.74, 6) is 0. The van der Waals surface area contributed by atoms with Crippen molar-refractivity contribution in [3.63, 3.8) is 0 Å². The molecule has 3 rings (SSSR count). The monoisotopic (exact) mass is 386 g/mol. The first kappa shape index (κ1) is 20.1. The molecule has 1 N–H and O–H groups in total. The van der Waals surface area contributed by atoms with Gasteiger partial charge in [0.2, 0.25) is 10.0 Å². The van der Waals surface area contributed by atoms with E-state index in [1.54, 1.807) is 12.1 Å². The Kier molecular flexibility index (Phi) is 6.35. The number of likely N-dealkylation sites (tertiary alicyclic amines) is 1. The van der Waals surface area contributed by atoms with Crippen molar-refractivity contribution in [2.24, 2.45) is 0 Å². The molecule has 2 aromatic carbocycles. The van der Waals surface area contributed by atoms with Crippen LogP contribution in [-0.2, 0) is 16.4 Å². The average molecular weight is 387 g/mol. The first-order valence-corrected chi connectivity index (χ1v) is 11.3.